The molecule has 8 nitrogen and oxygen atoms in total. The molecule has 1 aliphatic rings. The third-order valence-corrected chi connectivity index (χ3v) is 7.39. The Kier molecular flexibility index (Phi) is 6.47. The number of anilines is 2. The predicted octanol–water partition coefficient (Wildman–Crippen LogP) is 4.74. The Balaban J connectivity index is 1.63. The van der Waals surface area contributed by atoms with E-state index < -0.39 is 10.0 Å². The van der Waals surface area contributed by atoms with Gasteiger partial charge in [-0.1, -0.05) is 6.07 Å². The van der Waals surface area contributed by atoms with Gasteiger partial charge in [0.25, 0.3) is 0 Å². The third-order valence-electron chi connectivity index (χ3n) is 6.47. The first-order valence-corrected chi connectivity index (χ1v) is 14.1. The smallest absolute Gasteiger partial charge is 0.229 e. The molecule has 37 heavy (non-hydrogen) atoms. The molecule has 1 saturated heterocycles. The highest BCUT2D eigenvalue weighted by atomic mass is 32.2. The van der Waals surface area contributed by atoms with Gasteiger partial charge in [-0.15, -0.1) is 0 Å². The SMILES string of the molecule is Cc1ccnc(-n2c(C)cc([C@H]3[C@@H](c4ccccn4)NC(=S)N3c3ccc(NS(C)(=O)=O)cc3)c2C)c1. The quantitative estimate of drug-likeness (QED) is 0.347. The summed E-state index contributed by atoms with van der Waals surface area (Å²) in [5, 5.41) is 4.06. The topological polar surface area (TPSA) is 92.2 Å². The van der Waals surface area contributed by atoms with Gasteiger partial charge in [-0.2, -0.15) is 0 Å². The van der Waals surface area contributed by atoms with E-state index in [2.05, 4.69) is 62.4 Å². The fourth-order valence-corrected chi connectivity index (χ4v) is 5.85. The fraction of sp³-hybridized carbons (Fsp3) is 0.222. The molecule has 0 amide bonds. The van der Waals surface area contributed by atoms with Gasteiger partial charge in [0.05, 0.1) is 24.0 Å². The van der Waals surface area contributed by atoms with Gasteiger partial charge in [-0.25, -0.2) is 13.4 Å². The van der Waals surface area contributed by atoms with Gasteiger partial charge in [0.15, 0.2) is 5.11 Å². The van der Waals surface area contributed by atoms with Crippen molar-refractivity contribution in [3.8, 4) is 5.82 Å². The van der Waals surface area contributed by atoms with Crippen LogP contribution in [0.5, 0.6) is 0 Å². The molecule has 0 saturated carbocycles. The molecule has 190 valence electrons. The lowest BCUT2D eigenvalue weighted by Crippen LogP contribution is -2.29. The number of thiocarbonyl (C=S) groups is 1. The van der Waals surface area contributed by atoms with Crippen molar-refractivity contribution >= 4 is 38.7 Å². The number of hydrogen-bond acceptors (Lipinski definition) is 5. The van der Waals surface area contributed by atoms with E-state index in [0.717, 1.165) is 46.0 Å². The highest BCUT2D eigenvalue weighted by Gasteiger charge is 2.42. The van der Waals surface area contributed by atoms with Gasteiger partial charge < -0.3 is 14.8 Å². The maximum atomic E-state index is 11.7. The molecule has 0 spiro atoms. The van der Waals surface area contributed by atoms with Crippen LogP contribution < -0.4 is 14.9 Å². The van der Waals surface area contributed by atoms with Crippen LogP contribution in [0, 0.1) is 20.8 Å². The number of hydrogen-bond donors (Lipinski definition) is 2. The van der Waals surface area contributed by atoms with Crippen LogP contribution in [-0.2, 0) is 10.0 Å². The molecule has 4 heterocycles. The highest BCUT2D eigenvalue weighted by molar-refractivity contribution is 7.92. The Morgan fingerprint density at radius 3 is 2.38 bits per heavy atom. The Morgan fingerprint density at radius 2 is 1.73 bits per heavy atom. The third kappa shape index (κ3) is 4.94. The number of rotatable bonds is 6. The van der Waals surface area contributed by atoms with Crippen molar-refractivity contribution in [2.75, 3.05) is 15.9 Å². The number of nitrogens with zero attached hydrogens (tertiary/aromatic N) is 4. The molecule has 10 heteroatoms. The van der Waals surface area contributed by atoms with Crippen LogP contribution >= 0.6 is 12.2 Å². The van der Waals surface area contributed by atoms with Gasteiger partial charge in [-0.05, 0) is 98.7 Å². The maximum Gasteiger partial charge on any atom is 0.229 e. The summed E-state index contributed by atoms with van der Waals surface area (Å²) in [4.78, 5) is 11.3. The summed E-state index contributed by atoms with van der Waals surface area (Å²) in [6.07, 6.45) is 4.74. The molecule has 0 radical (unpaired) electrons. The molecular weight excluding hydrogens is 504 g/mol. The monoisotopic (exact) mass is 532 g/mol. The van der Waals surface area contributed by atoms with E-state index >= 15 is 0 Å². The first-order valence-electron chi connectivity index (χ1n) is 11.8. The van der Waals surface area contributed by atoms with Gasteiger partial charge in [-0.3, -0.25) is 9.71 Å². The van der Waals surface area contributed by atoms with E-state index in [0.29, 0.717) is 10.8 Å². The standard InChI is InChI=1S/C27H28N6O2S2/c1-17-12-14-29-24(15-17)32-18(2)16-22(19(32)3)26-25(23-7-5-6-13-28-23)30-27(36)33(26)21-10-8-20(9-11-21)31-37(4,34)35/h5-16,25-26,31H,1-4H3,(H,30,36)/t25-,26+/m1/s1. The van der Waals surface area contributed by atoms with Crippen LogP contribution in [-0.4, -0.2) is 34.3 Å². The van der Waals surface area contributed by atoms with E-state index in [9.17, 15) is 8.42 Å². The van der Waals surface area contributed by atoms with Crippen LogP contribution in [0.1, 0.15) is 40.3 Å². The molecule has 5 rings (SSSR count). The van der Waals surface area contributed by atoms with Gasteiger partial charge >= 0.3 is 0 Å². The van der Waals surface area contributed by atoms with E-state index in [1.165, 1.54) is 0 Å². The molecule has 1 fully saturated rings. The zero-order valence-electron chi connectivity index (χ0n) is 21.0. The number of aryl methyl sites for hydroxylation is 2. The minimum atomic E-state index is -3.37. The molecule has 0 bridgehead atoms. The first-order chi connectivity index (χ1) is 17.6. The second-order valence-electron chi connectivity index (χ2n) is 9.27. The fourth-order valence-electron chi connectivity index (χ4n) is 4.94. The summed E-state index contributed by atoms with van der Waals surface area (Å²) >= 11 is 5.85. The van der Waals surface area contributed by atoms with E-state index in [-0.39, 0.29) is 12.1 Å². The van der Waals surface area contributed by atoms with Crippen LogP contribution in [0.15, 0.2) is 73.1 Å². The van der Waals surface area contributed by atoms with Crippen molar-refractivity contribution in [1.82, 2.24) is 19.9 Å². The average molecular weight is 533 g/mol. The zero-order valence-corrected chi connectivity index (χ0v) is 22.6. The number of aromatic nitrogens is 3. The molecule has 2 atom stereocenters. The van der Waals surface area contributed by atoms with Crippen LogP contribution in [0.3, 0.4) is 0 Å². The molecule has 0 aliphatic carbocycles. The largest absolute Gasteiger partial charge is 0.351 e. The van der Waals surface area contributed by atoms with E-state index in [1.807, 2.05) is 42.6 Å². The van der Waals surface area contributed by atoms with Gasteiger partial charge in [0, 0.05) is 35.2 Å². The predicted molar refractivity (Wildman–Crippen MR) is 151 cm³/mol. The highest BCUT2D eigenvalue weighted by Crippen LogP contribution is 2.43. The van der Waals surface area contributed by atoms with Crippen molar-refractivity contribution in [3.05, 3.63) is 101 Å². The summed E-state index contributed by atoms with van der Waals surface area (Å²) in [5.74, 6) is 0.868. The normalized spacial score (nSPS) is 17.6. The summed E-state index contributed by atoms with van der Waals surface area (Å²) in [5.41, 5.74) is 6.58. The van der Waals surface area contributed by atoms with Crippen molar-refractivity contribution in [2.24, 2.45) is 0 Å². The van der Waals surface area contributed by atoms with Gasteiger partial charge in [0.1, 0.15) is 5.82 Å². The molecule has 1 aliphatic heterocycles. The minimum absolute atomic E-state index is 0.193. The van der Waals surface area contributed by atoms with E-state index in [4.69, 9.17) is 12.2 Å². The molecule has 1 aromatic carbocycles. The Hall–Kier alpha value is -3.76. The molecule has 4 aromatic rings. The van der Waals surface area contributed by atoms with Crippen molar-refractivity contribution in [3.63, 3.8) is 0 Å². The molecule has 2 N–H and O–H groups in total. The van der Waals surface area contributed by atoms with Crippen molar-refractivity contribution in [1.29, 1.82) is 0 Å². The molecule has 3 aromatic heterocycles. The number of nitrogens with one attached hydrogen (secondary N) is 2. The van der Waals surface area contributed by atoms with Crippen LogP contribution in [0.25, 0.3) is 5.82 Å². The van der Waals surface area contributed by atoms with Crippen molar-refractivity contribution in [2.45, 2.75) is 32.9 Å². The summed E-state index contributed by atoms with van der Waals surface area (Å²) in [6.45, 7) is 6.23. The number of pyridine rings is 2. The average Bonchev–Trinajstić information content (AvgIpc) is 3.34. The second-order valence-corrected chi connectivity index (χ2v) is 11.4. The van der Waals surface area contributed by atoms with E-state index in [1.54, 1.807) is 18.3 Å². The molecular formula is C27H28N6O2S2. The van der Waals surface area contributed by atoms with Crippen molar-refractivity contribution < 1.29 is 8.42 Å². The van der Waals surface area contributed by atoms with Crippen LogP contribution in [0.2, 0.25) is 0 Å². The lowest BCUT2D eigenvalue weighted by molar-refractivity contribution is 0.565. The second kappa shape index (κ2) is 9.60. The first kappa shape index (κ1) is 24.9. The maximum absolute atomic E-state index is 11.7. The number of sulfonamides is 1. The number of benzene rings is 1. The lowest BCUT2D eigenvalue weighted by atomic mass is 9.96. The van der Waals surface area contributed by atoms with Crippen LogP contribution in [0.4, 0.5) is 11.4 Å². The Morgan fingerprint density at radius 1 is 0.973 bits per heavy atom. The Labute approximate surface area is 222 Å². The zero-order chi connectivity index (χ0) is 26.3. The molecule has 0 unspecified atom stereocenters. The summed E-state index contributed by atoms with van der Waals surface area (Å²) in [7, 11) is -3.37. The summed E-state index contributed by atoms with van der Waals surface area (Å²) < 4.78 is 28.0. The van der Waals surface area contributed by atoms with Gasteiger partial charge in [0.2, 0.25) is 10.0 Å². The summed E-state index contributed by atoms with van der Waals surface area (Å²) in [6, 6.07) is 18.9. The Bertz CT molecular complexity index is 1570. The lowest BCUT2D eigenvalue weighted by Gasteiger charge is -2.28. The minimum Gasteiger partial charge on any atom is -0.351 e.